The van der Waals surface area contributed by atoms with Crippen LogP contribution >= 0.6 is 22.9 Å². The molecule has 3 amide bonds. The van der Waals surface area contributed by atoms with Crippen LogP contribution in [-0.4, -0.2) is 64.3 Å². The van der Waals surface area contributed by atoms with Crippen molar-refractivity contribution in [3.63, 3.8) is 0 Å². The number of rotatable bonds is 5. The summed E-state index contributed by atoms with van der Waals surface area (Å²) in [6.07, 6.45) is 2.67. The summed E-state index contributed by atoms with van der Waals surface area (Å²) in [5, 5.41) is 11.0. The highest BCUT2D eigenvalue weighted by Crippen LogP contribution is 2.26. The number of carbonyl (C=O) groups excluding carboxylic acids is 3. The van der Waals surface area contributed by atoms with Crippen LogP contribution in [0.3, 0.4) is 0 Å². The van der Waals surface area contributed by atoms with Gasteiger partial charge in [-0.15, -0.1) is 11.3 Å². The SMILES string of the molecule is CC(=O)NC1CCC(NC(=O)c2cc3cc(Cl)ccc3[nH]2)C(NC(=O)c2nc3c(s2)CN(C)CC3)C1. The number of carbonyl (C=O) groups is 3. The molecule has 0 bridgehead atoms. The molecule has 0 spiro atoms. The van der Waals surface area contributed by atoms with Crippen LogP contribution in [0.2, 0.25) is 5.02 Å². The monoisotopic (exact) mass is 528 g/mol. The largest absolute Gasteiger partial charge is 0.354 e. The summed E-state index contributed by atoms with van der Waals surface area (Å²) in [5.41, 5.74) is 2.24. The fourth-order valence-electron chi connectivity index (χ4n) is 5.04. The number of fused-ring (bicyclic) bond motifs is 2. The lowest BCUT2D eigenvalue weighted by Crippen LogP contribution is -2.57. The van der Waals surface area contributed by atoms with Gasteiger partial charge in [-0.1, -0.05) is 11.6 Å². The van der Waals surface area contributed by atoms with Gasteiger partial charge in [0.2, 0.25) is 5.91 Å². The van der Waals surface area contributed by atoms with E-state index in [9.17, 15) is 14.4 Å². The zero-order chi connectivity index (χ0) is 25.4. The maximum atomic E-state index is 13.2. The van der Waals surface area contributed by atoms with Crippen molar-refractivity contribution in [2.75, 3.05) is 13.6 Å². The molecule has 0 radical (unpaired) electrons. The molecule has 9 nitrogen and oxygen atoms in total. The highest BCUT2D eigenvalue weighted by Gasteiger charge is 2.34. The Morgan fingerprint density at radius 1 is 1.11 bits per heavy atom. The van der Waals surface area contributed by atoms with Crippen molar-refractivity contribution >= 4 is 51.6 Å². The Morgan fingerprint density at radius 2 is 1.92 bits per heavy atom. The highest BCUT2D eigenvalue weighted by molar-refractivity contribution is 7.13. The number of benzene rings is 1. The number of aromatic amines is 1. The summed E-state index contributed by atoms with van der Waals surface area (Å²) < 4.78 is 0. The van der Waals surface area contributed by atoms with Gasteiger partial charge in [-0.25, -0.2) is 4.98 Å². The van der Waals surface area contributed by atoms with Crippen molar-refractivity contribution in [1.82, 2.24) is 30.8 Å². The average Bonchev–Trinajstić information content (AvgIpc) is 3.44. The Hall–Kier alpha value is -2.95. The number of thiazole rings is 1. The molecule has 1 aliphatic heterocycles. The Kier molecular flexibility index (Phi) is 7.00. The van der Waals surface area contributed by atoms with Crippen LogP contribution in [0.5, 0.6) is 0 Å². The smallest absolute Gasteiger partial charge is 0.280 e. The molecule has 1 aromatic carbocycles. The molecule has 4 N–H and O–H groups in total. The second kappa shape index (κ2) is 10.2. The zero-order valence-corrected chi connectivity index (χ0v) is 21.8. The average molecular weight is 529 g/mol. The van der Waals surface area contributed by atoms with Gasteiger partial charge >= 0.3 is 0 Å². The Labute approximate surface area is 218 Å². The Balaban J connectivity index is 1.32. The standard InChI is InChI=1S/C25H29ClN6O3S/c1-13(33)27-16-4-6-18(29-23(34)21-10-14-9-15(26)3-5-17(14)28-21)20(11-16)30-24(35)25-31-19-7-8-32(2)12-22(19)36-25/h3,5,9-10,16,18,20,28H,4,6-8,11-12H2,1-2H3,(H,27,33)(H,29,34)(H,30,35). The van der Waals surface area contributed by atoms with Crippen molar-refractivity contribution in [1.29, 1.82) is 0 Å². The van der Waals surface area contributed by atoms with Crippen molar-refractivity contribution < 1.29 is 14.4 Å². The topological polar surface area (TPSA) is 119 Å². The second-order valence-corrected chi connectivity index (χ2v) is 11.2. The molecule has 1 saturated carbocycles. The lowest BCUT2D eigenvalue weighted by Gasteiger charge is -2.37. The van der Waals surface area contributed by atoms with Crippen molar-refractivity contribution in [3.05, 3.63) is 50.6 Å². The first-order valence-electron chi connectivity index (χ1n) is 12.1. The normalized spacial score (nSPS) is 22.1. The van der Waals surface area contributed by atoms with Gasteiger partial charge in [-0.3, -0.25) is 14.4 Å². The third-order valence-corrected chi connectivity index (χ3v) is 8.15. The van der Waals surface area contributed by atoms with E-state index in [0.717, 1.165) is 41.0 Å². The van der Waals surface area contributed by atoms with Crippen LogP contribution in [0.15, 0.2) is 24.3 Å². The predicted octanol–water partition coefficient (Wildman–Crippen LogP) is 2.85. The van der Waals surface area contributed by atoms with Gasteiger partial charge in [0.25, 0.3) is 11.8 Å². The van der Waals surface area contributed by atoms with E-state index in [0.29, 0.717) is 35.0 Å². The van der Waals surface area contributed by atoms with E-state index in [4.69, 9.17) is 11.6 Å². The third-order valence-electron chi connectivity index (χ3n) is 6.83. The molecule has 2 aromatic heterocycles. The summed E-state index contributed by atoms with van der Waals surface area (Å²) in [5.74, 6) is -0.608. The molecular weight excluding hydrogens is 500 g/mol. The van der Waals surface area contributed by atoms with Gasteiger partial charge in [0.05, 0.1) is 11.7 Å². The van der Waals surface area contributed by atoms with Crippen molar-refractivity contribution in [3.8, 4) is 0 Å². The van der Waals surface area contributed by atoms with Crippen LogP contribution in [0.25, 0.3) is 10.9 Å². The van der Waals surface area contributed by atoms with Gasteiger partial charge in [-0.05, 0) is 50.6 Å². The number of hydrogen-bond donors (Lipinski definition) is 4. The van der Waals surface area contributed by atoms with Crippen LogP contribution < -0.4 is 16.0 Å². The molecule has 3 aromatic rings. The fourth-order valence-corrected chi connectivity index (χ4v) is 6.32. The highest BCUT2D eigenvalue weighted by atomic mass is 35.5. The lowest BCUT2D eigenvalue weighted by atomic mass is 9.86. The number of H-pyrrole nitrogens is 1. The first-order valence-corrected chi connectivity index (χ1v) is 13.3. The van der Waals surface area contributed by atoms with Gasteiger partial charge in [0.15, 0.2) is 5.01 Å². The minimum Gasteiger partial charge on any atom is -0.354 e. The Bertz CT molecular complexity index is 1320. The first kappa shape index (κ1) is 24.7. The predicted molar refractivity (Wildman–Crippen MR) is 139 cm³/mol. The third kappa shape index (κ3) is 5.40. The van der Waals surface area contributed by atoms with Gasteiger partial charge in [0, 0.05) is 59.3 Å². The second-order valence-electron chi connectivity index (χ2n) is 9.66. The molecule has 11 heteroatoms. The molecule has 3 heterocycles. The number of hydrogen-bond acceptors (Lipinski definition) is 6. The molecule has 1 aliphatic carbocycles. The van der Waals surface area contributed by atoms with E-state index in [2.05, 4.69) is 37.9 Å². The van der Waals surface area contributed by atoms with Gasteiger partial charge in [-0.2, -0.15) is 0 Å². The van der Waals surface area contributed by atoms with E-state index < -0.39 is 0 Å². The number of amides is 3. The number of aromatic nitrogens is 2. The fraction of sp³-hybridized carbons (Fsp3) is 0.440. The first-order chi connectivity index (χ1) is 17.2. The minimum atomic E-state index is -0.352. The summed E-state index contributed by atoms with van der Waals surface area (Å²) >= 11 is 7.51. The number of halogens is 1. The molecule has 0 saturated heterocycles. The van der Waals surface area contributed by atoms with Crippen LogP contribution in [-0.2, 0) is 17.8 Å². The number of nitrogens with zero attached hydrogens (tertiary/aromatic N) is 2. The molecule has 3 atom stereocenters. The molecule has 190 valence electrons. The Morgan fingerprint density at radius 3 is 2.72 bits per heavy atom. The molecule has 3 unspecified atom stereocenters. The zero-order valence-electron chi connectivity index (χ0n) is 20.2. The number of likely N-dealkylation sites (N-methyl/N-ethyl adjacent to an activating group) is 1. The van der Waals surface area contributed by atoms with E-state index in [-0.39, 0.29) is 35.8 Å². The van der Waals surface area contributed by atoms with E-state index in [1.807, 2.05) is 6.07 Å². The molecule has 5 rings (SSSR count). The summed E-state index contributed by atoms with van der Waals surface area (Å²) in [7, 11) is 2.06. The number of nitrogens with one attached hydrogen (secondary N) is 4. The quantitative estimate of drug-likeness (QED) is 0.406. The summed E-state index contributed by atoms with van der Waals surface area (Å²) in [6.45, 7) is 3.20. The molecule has 1 fully saturated rings. The minimum absolute atomic E-state index is 0.0747. The lowest BCUT2D eigenvalue weighted by molar-refractivity contribution is -0.119. The van der Waals surface area contributed by atoms with Crippen molar-refractivity contribution in [2.24, 2.45) is 0 Å². The summed E-state index contributed by atoms with van der Waals surface area (Å²) in [6, 6.07) is 6.46. The molecule has 2 aliphatic rings. The molecule has 36 heavy (non-hydrogen) atoms. The van der Waals surface area contributed by atoms with Crippen LogP contribution in [0, 0.1) is 0 Å². The summed E-state index contributed by atoms with van der Waals surface area (Å²) in [4.78, 5) is 49.0. The van der Waals surface area contributed by atoms with E-state index >= 15 is 0 Å². The maximum absolute atomic E-state index is 13.2. The van der Waals surface area contributed by atoms with Gasteiger partial charge < -0.3 is 25.8 Å². The van der Waals surface area contributed by atoms with Gasteiger partial charge in [0.1, 0.15) is 5.69 Å². The van der Waals surface area contributed by atoms with E-state index in [1.165, 1.54) is 18.3 Å². The van der Waals surface area contributed by atoms with E-state index in [1.54, 1.807) is 18.2 Å². The molecular formula is C25H29ClN6O3S. The van der Waals surface area contributed by atoms with Crippen molar-refractivity contribution in [2.45, 2.75) is 57.3 Å². The maximum Gasteiger partial charge on any atom is 0.280 e. The van der Waals surface area contributed by atoms with Crippen LogP contribution in [0.1, 0.15) is 57.0 Å². The van der Waals surface area contributed by atoms with Crippen LogP contribution in [0.4, 0.5) is 0 Å².